The summed E-state index contributed by atoms with van der Waals surface area (Å²) in [6, 6.07) is 17.1. The Balaban J connectivity index is 2.00. The van der Waals surface area contributed by atoms with Crippen LogP contribution in [0.25, 0.3) is 0 Å². The molecule has 4 heteroatoms. The molecule has 0 heterocycles. The minimum atomic E-state index is -0.534. The lowest BCUT2D eigenvalue weighted by Crippen LogP contribution is -2.39. The maximum Gasteiger partial charge on any atom is 0.261 e. The molecular weight excluding hydrogens is 290 g/mol. The summed E-state index contributed by atoms with van der Waals surface area (Å²) in [6.45, 7) is 3.89. The van der Waals surface area contributed by atoms with Crippen LogP contribution in [0.4, 0.5) is 0 Å². The topological polar surface area (TPSA) is 47.6 Å². The van der Waals surface area contributed by atoms with Crippen LogP contribution in [0, 0.1) is 0 Å². The maximum absolute atomic E-state index is 12.4. The van der Waals surface area contributed by atoms with Crippen molar-refractivity contribution in [2.75, 3.05) is 7.11 Å². The van der Waals surface area contributed by atoms with Gasteiger partial charge in [-0.15, -0.1) is 0 Å². The smallest absolute Gasteiger partial charge is 0.261 e. The molecule has 0 spiro atoms. The minimum absolute atomic E-state index is 0.0633. The Morgan fingerprint density at radius 1 is 1.09 bits per heavy atom. The first-order chi connectivity index (χ1) is 11.1. The lowest BCUT2D eigenvalue weighted by Gasteiger charge is -2.21. The van der Waals surface area contributed by atoms with Gasteiger partial charge in [0.1, 0.15) is 11.5 Å². The number of rotatable bonds is 7. The monoisotopic (exact) mass is 313 g/mol. The first kappa shape index (κ1) is 16.9. The fraction of sp³-hybridized carbons (Fsp3) is 0.316. The van der Waals surface area contributed by atoms with Gasteiger partial charge in [-0.2, -0.15) is 0 Å². The fourth-order valence-corrected chi connectivity index (χ4v) is 2.29. The molecule has 2 rings (SSSR count). The Morgan fingerprint density at radius 3 is 2.43 bits per heavy atom. The summed E-state index contributed by atoms with van der Waals surface area (Å²) in [5.74, 6) is 1.21. The molecule has 0 saturated carbocycles. The van der Waals surface area contributed by atoms with Gasteiger partial charge in [-0.25, -0.2) is 0 Å². The van der Waals surface area contributed by atoms with E-state index in [4.69, 9.17) is 9.47 Å². The van der Waals surface area contributed by atoms with Gasteiger partial charge in [-0.05, 0) is 31.0 Å². The minimum Gasteiger partial charge on any atom is -0.497 e. The third kappa shape index (κ3) is 4.74. The third-order valence-electron chi connectivity index (χ3n) is 3.64. The number of carbonyl (C=O) groups is 1. The zero-order valence-electron chi connectivity index (χ0n) is 13.8. The van der Waals surface area contributed by atoms with Crippen molar-refractivity contribution in [1.29, 1.82) is 0 Å². The van der Waals surface area contributed by atoms with Crippen molar-refractivity contribution in [2.24, 2.45) is 0 Å². The first-order valence-corrected chi connectivity index (χ1v) is 7.80. The van der Waals surface area contributed by atoms with Gasteiger partial charge in [-0.1, -0.05) is 43.3 Å². The van der Waals surface area contributed by atoms with E-state index in [1.54, 1.807) is 13.2 Å². The van der Waals surface area contributed by atoms with Crippen LogP contribution in [0.3, 0.4) is 0 Å². The molecule has 23 heavy (non-hydrogen) atoms. The molecule has 0 aliphatic rings. The van der Waals surface area contributed by atoms with Crippen LogP contribution in [0.15, 0.2) is 54.6 Å². The molecule has 0 saturated heterocycles. The number of methoxy groups -OCH3 is 1. The molecule has 2 aromatic carbocycles. The van der Waals surface area contributed by atoms with Crippen LogP contribution < -0.4 is 14.8 Å². The molecule has 0 radical (unpaired) electrons. The summed E-state index contributed by atoms with van der Waals surface area (Å²) in [5, 5.41) is 3.00. The average molecular weight is 313 g/mol. The highest BCUT2D eigenvalue weighted by atomic mass is 16.5. The highest BCUT2D eigenvalue weighted by Gasteiger charge is 2.20. The number of benzene rings is 2. The van der Waals surface area contributed by atoms with Crippen molar-refractivity contribution >= 4 is 5.91 Å². The maximum atomic E-state index is 12.4. The molecule has 4 nitrogen and oxygen atoms in total. The summed E-state index contributed by atoms with van der Waals surface area (Å²) in [6.07, 6.45) is 0.0538. The van der Waals surface area contributed by atoms with E-state index in [2.05, 4.69) is 5.32 Å². The molecular formula is C19H23NO3. The summed E-state index contributed by atoms with van der Waals surface area (Å²) >= 11 is 0. The predicted octanol–water partition coefficient (Wildman–Crippen LogP) is 3.73. The van der Waals surface area contributed by atoms with E-state index in [-0.39, 0.29) is 11.9 Å². The molecule has 0 aliphatic heterocycles. The highest BCUT2D eigenvalue weighted by Crippen LogP contribution is 2.21. The second kappa shape index (κ2) is 8.22. The van der Waals surface area contributed by atoms with Crippen LogP contribution in [-0.4, -0.2) is 19.1 Å². The Kier molecular flexibility index (Phi) is 6.03. The van der Waals surface area contributed by atoms with Gasteiger partial charge in [0.25, 0.3) is 5.91 Å². The Bertz CT molecular complexity index is 628. The van der Waals surface area contributed by atoms with Gasteiger partial charge >= 0.3 is 0 Å². The van der Waals surface area contributed by atoms with Crippen LogP contribution in [0.2, 0.25) is 0 Å². The standard InChI is InChI=1S/C19H23NO3/c1-4-18(23-17-12-8-11-16(13-17)22-3)19(21)20-14(2)15-9-6-5-7-10-15/h5-14,18H,4H2,1-3H3,(H,20,21)/t14-,18?/m1/s1. The van der Waals surface area contributed by atoms with E-state index in [1.165, 1.54) is 0 Å². The third-order valence-corrected chi connectivity index (χ3v) is 3.64. The first-order valence-electron chi connectivity index (χ1n) is 7.80. The van der Waals surface area contributed by atoms with Crippen molar-refractivity contribution < 1.29 is 14.3 Å². The number of carbonyl (C=O) groups excluding carboxylic acids is 1. The second-order valence-electron chi connectivity index (χ2n) is 5.33. The number of hydrogen-bond donors (Lipinski definition) is 1. The van der Waals surface area contributed by atoms with Crippen LogP contribution in [-0.2, 0) is 4.79 Å². The number of nitrogens with one attached hydrogen (secondary N) is 1. The van der Waals surface area contributed by atoms with Crippen molar-refractivity contribution in [3.05, 3.63) is 60.2 Å². The van der Waals surface area contributed by atoms with Crippen LogP contribution >= 0.6 is 0 Å². The zero-order chi connectivity index (χ0) is 16.7. The van der Waals surface area contributed by atoms with Crippen molar-refractivity contribution in [3.8, 4) is 11.5 Å². The van der Waals surface area contributed by atoms with Crippen molar-refractivity contribution in [2.45, 2.75) is 32.4 Å². The molecule has 0 aromatic heterocycles. The lowest BCUT2D eigenvalue weighted by atomic mass is 10.1. The molecule has 122 valence electrons. The van der Waals surface area contributed by atoms with E-state index in [0.717, 1.165) is 5.56 Å². The highest BCUT2D eigenvalue weighted by molar-refractivity contribution is 5.81. The van der Waals surface area contributed by atoms with Gasteiger partial charge in [0.15, 0.2) is 6.10 Å². The predicted molar refractivity (Wildman–Crippen MR) is 90.7 cm³/mol. The van der Waals surface area contributed by atoms with Gasteiger partial charge < -0.3 is 14.8 Å². The van der Waals surface area contributed by atoms with E-state index < -0.39 is 6.10 Å². The number of hydrogen-bond acceptors (Lipinski definition) is 3. The van der Waals surface area contributed by atoms with E-state index in [1.807, 2.05) is 62.4 Å². The summed E-state index contributed by atoms with van der Waals surface area (Å²) in [5.41, 5.74) is 1.07. The summed E-state index contributed by atoms with van der Waals surface area (Å²) < 4.78 is 11.0. The largest absolute Gasteiger partial charge is 0.497 e. The molecule has 0 bridgehead atoms. The van der Waals surface area contributed by atoms with E-state index >= 15 is 0 Å². The molecule has 1 unspecified atom stereocenters. The van der Waals surface area contributed by atoms with E-state index in [9.17, 15) is 4.79 Å². The normalized spacial score (nSPS) is 13.0. The SMILES string of the molecule is CCC(Oc1cccc(OC)c1)C(=O)N[C@H](C)c1ccccc1. The van der Waals surface area contributed by atoms with Crippen LogP contribution in [0.1, 0.15) is 31.9 Å². The second-order valence-corrected chi connectivity index (χ2v) is 5.33. The molecule has 2 aromatic rings. The Labute approximate surface area is 137 Å². The molecule has 0 fully saturated rings. The van der Waals surface area contributed by atoms with Crippen molar-refractivity contribution in [3.63, 3.8) is 0 Å². The van der Waals surface area contributed by atoms with E-state index in [0.29, 0.717) is 17.9 Å². The van der Waals surface area contributed by atoms with Crippen LogP contribution in [0.5, 0.6) is 11.5 Å². The van der Waals surface area contributed by atoms with Gasteiger partial charge in [0.05, 0.1) is 13.2 Å². The fourth-order valence-electron chi connectivity index (χ4n) is 2.29. The van der Waals surface area contributed by atoms with Crippen molar-refractivity contribution in [1.82, 2.24) is 5.32 Å². The Hall–Kier alpha value is -2.49. The summed E-state index contributed by atoms with van der Waals surface area (Å²) in [4.78, 5) is 12.4. The zero-order valence-corrected chi connectivity index (χ0v) is 13.8. The van der Waals surface area contributed by atoms with Gasteiger partial charge in [-0.3, -0.25) is 4.79 Å². The van der Waals surface area contributed by atoms with Gasteiger partial charge in [0.2, 0.25) is 0 Å². The molecule has 0 aliphatic carbocycles. The molecule has 2 atom stereocenters. The van der Waals surface area contributed by atoms with Gasteiger partial charge in [0, 0.05) is 6.07 Å². The lowest BCUT2D eigenvalue weighted by molar-refractivity contribution is -0.128. The Morgan fingerprint density at radius 2 is 1.78 bits per heavy atom. The average Bonchev–Trinajstić information content (AvgIpc) is 2.60. The number of amides is 1. The quantitative estimate of drug-likeness (QED) is 0.847. The molecule has 1 N–H and O–H groups in total. The number of ether oxygens (including phenoxy) is 2. The molecule has 1 amide bonds. The summed E-state index contributed by atoms with van der Waals surface area (Å²) in [7, 11) is 1.60.